The second-order valence-electron chi connectivity index (χ2n) is 3.94. The van der Waals surface area contributed by atoms with Crippen molar-refractivity contribution < 1.29 is 14.6 Å². The topological polar surface area (TPSA) is 46.5 Å². The summed E-state index contributed by atoms with van der Waals surface area (Å²) in [5, 5.41) is 8.57. The number of unbranched alkanes of at least 4 members (excludes halogenated alkanes) is 1. The smallest absolute Gasteiger partial charge is 0.449 e. The normalized spacial score (nSPS) is 10.2. The van der Waals surface area contributed by atoms with Gasteiger partial charge in [0.2, 0.25) is 0 Å². The maximum Gasteiger partial charge on any atom is 0.511 e. The summed E-state index contributed by atoms with van der Waals surface area (Å²) in [6.07, 6.45) is 2.09. The van der Waals surface area contributed by atoms with Crippen molar-refractivity contribution in [3.63, 3.8) is 0 Å². The summed E-state index contributed by atoms with van der Waals surface area (Å²) in [5.74, 6) is 0.435. The van der Waals surface area contributed by atoms with Crippen molar-refractivity contribution in [3.05, 3.63) is 28.8 Å². The summed E-state index contributed by atoms with van der Waals surface area (Å²) in [7, 11) is 0. The highest BCUT2D eigenvalue weighted by Gasteiger charge is 2.09. The summed E-state index contributed by atoms with van der Waals surface area (Å²) >= 11 is 0. The molecule has 0 aliphatic carbocycles. The minimum Gasteiger partial charge on any atom is -0.449 e. The third-order valence-electron chi connectivity index (χ3n) is 2.85. The molecule has 0 spiro atoms. The van der Waals surface area contributed by atoms with E-state index in [1.54, 1.807) is 6.07 Å². The molecule has 1 aromatic rings. The minimum atomic E-state index is -1.26. The van der Waals surface area contributed by atoms with E-state index in [9.17, 15) is 4.79 Å². The average Bonchev–Trinajstić information content (AvgIpc) is 2.23. The summed E-state index contributed by atoms with van der Waals surface area (Å²) in [4.78, 5) is 10.5. The summed E-state index contributed by atoms with van der Waals surface area (Å²) in [5.41, 5.74) is 3.32. The first-order chi connectivity index (χ1) is 7.56. The molecule has 0 atom stereocenters. The Morgan fingerprint density at radius 1 is 1.31 bits per heavy atom. The maximum atomic E-state index is 10.5. The molecule has 0 unspecified atom stereocenters. The quantitative estimate of drug-likeness (QED) is 0.624. The number of carbonyl (C=O) groups is 1. The Hall–Kier alpha value is -1.51. The Kier molecular flexibility index (Phi) is 4.35. The van der Waals surface area contributed by atoms with E-state index in [-0.39, 0.29) is 0 Å². The molecule has 0 amide bonds. The number of hydrogen-bond acceptors (Lipinski definition) is 2. The molecule has 16 heavy (non-hydrogen) atoms. The predicted octanol–water partition coefficient (Wildman–Crippen LogP) is 3.70. The van der Waals surface area contributed by atoms with Crippen LogP contribution < -0.4 is 4.74 Å². The van der Waals surface area contributed by atoms with Crippen LogP contribution in [0.15, 0.2) is 12.1 Å². The molecule has 0 heterocycles. The fourth-order valence-corrected chi connectivity index (χ4v) is 1.69. The van der Waals surface area contributed by atoms with E-state index >= 15 is 0 Å². The van der Waals surface area contributed by atoms with Crippen LogP contribution in [0.3, 0.4) is 0 Å². The monoisotopic (exact) mass is 222 g/mol. The third kappa shape index (κ3) is 2.99. The molecule has 0 aromatic heterocycles. The van der Waals surface area contributed by atoms with Crippen molar-refractivity contribution in [1.82, 2.24) is 0 Å². The van der Waals surface area contributed by atoms with E-state index in [4.69, 9.17) is 9.84 Å². The van der Waals surface area contributed by atoms with Gasteiger partial charge in [0.15, 0.2) is 0 Å². The molecule has 0 saturated heterocycles. The van der Waals surface area contributed by atoms with Crippen molar-refractivity contribution in [2.75, 3.05) is 0 Å². The van der Waals surface area contributed by atoms with Crippen molar-refractivity contribution in [1.29, 1.82) is 0 Å². The Bertz CT molecular complexity index is 383. The highest BCUT2D eigenvalue weighted by Crippen LogP contribution is 2.25. The molecule has 1 rings (SSSR count). The van der Waals surface area contributed by atoms with E-state index in [0.717, 1.165) is 30.4 Å². The maximum absolute atomic E-state index is 10.5. The number of rotatable bonds is 4. The fourth-order valence-electron chi connectivity index (χ4n) is 1.69. The number of aryl methyl sites for hydroxylation is 1. The van der Waals surface area contributed by atoms with Gasteiger partial charge in [0.1, 0.15) is 5.75 Å². The zero-order valence-electron chi connectivity index (χ0n) is 10.0. The lowest BCUT2D eigenvalue weighted by atomic mass is 9.98. The zero-order chi connectivity index (χ0) is 12.1. The molecule has 0 saturated carbocycles. The van der Waals surface area contributed by atoms with Crippen LogP contribution in [0.4, 0.5) is 4.79 Å². The Morgan fingerprint density at radius 2 is 2.00 bits per heavy atom. The number of carboxylic acid groups (broad SMARTS) is 1. The highest BCUT2D eigenvalue weighted by molar-refractivity contribution is 5.62. The highest BCUT2D eigenvalue weighted by atomic mass is 16.7. The van der Waals surface area contributed by atoms with Crippen LogP contribution in [0, 0.1) is 13.8 Å². The van der Waals surface area contributed by atoms with Gasteiger partial charge in [-0.3, -0.25) is 0 Å². The van der Waals surface area contributed by atoms with Crippen LogP contribution in [0.5, 0.6) is 5.75 Å². The summed E-state index contributed by atoms with van der Waals surface area (Å²) < 4.78 is 4.70. The van der Waals surface area contributed by atoms with Crippen molar-refractivity contribution in [3.8, 4) is 5.75 Å². The van der Waals surface area contributed by atoms with E-state index in [2.05, 4.69) is 6.92 Å². The molecule has 0 aliphatic heterocycles. The molecule has 1 N–H and O–H groups in total. The van der Waals surface area contributed by atoms with Gasteiger partial charge in [0, 0.05) is 0 Å². The molecule has 3 heteroatoms. The molecule has 0 bridgehead atoms. The van der Waals surface area contributed by atoms with Gasteiger partial charge in [-0.1, -0.05) is 19.4 Å². The molecular weight excluding hydrogens is 204 g/mol. The van der Waals surface area contributed by atoms with Gasteiger partial charge in [-0.15, -0.1) is 0 Å². The SMILES string of the molecule is CCCCc1ccc(OC(=O)O)c(C)c1C. The molecule has 3 nitrogen and oxygen atoms in total. The van der Waals surface area contributed by atoms with Crippen LogP contribution in [0.2, 0.25) is 0 Å². The minimum absolute atomic E-state index is 0.435. The van der Waals surface area contributed by atoms with E-state index in [1.807, 2.05) is 19.9 Å². The van der Waals surface area contributed by atoms with E-state index < -0.39 is 6.16 Å². The summed E-state index contributed by atoms with van der Waals surface area (Å²) in [6.45, 7) is 6.06. The Balaban J connectivity index is 2.93. The van der Waals surface area contributed by atoms with Gasteiger partial charge in [0.05, 0.1) is 0 Å². The second kappa shape index (κ2) is 5.54. The largest absolute Gasteiger partial charge is 0.511 e. The molecule has 0 radical (unpaired) electrons. The lowest BCUT2D eigenvalue weighted by Gasteiger charge is -2.11. The van der Waals surface area contributed by atoms with Crippen LogP contribution in [-0.2, 0) is 6.42 Å². The Morgan fingerprint density at radius 3 is 2.56 bits per heavy atom. The van der Waals surface area contributed by atoms with Gasteiger partial charge >= 0.3 is 6.16 Å². The lowest BCUT2D eigenvalue weighted by molar-refractivity contribution is 0.144. The number of benzene rings is 1. The standard InChI is InChI=1S/C13H18O3/c1-4-5-6-11-7-8-12(16-13(14)15)10(3)9(11)2/h7-8H,4-6H2,1-3H3,(H,14,15). The van der Waals surface area contributed by atoms with Crippen LogP contribution in [0.1, 0.15) is 36.5 Å². The van der Waals surface area contributed by atoms with Crippen molar-refractivity contribution in [2.24, 2.45) is 0 Å². The average molecular weight is 222 g/mol. The second-order valence-corrected chi connectivity index (χ2v) is 3.94. The summed E-state index contributed by atoms with van der Waals surface area (Å²) in [6, 6.07) is 3.69. The number of hydrogen-bond donors (Lipinski definition) is 1. The molecule has 0 fully saturated rings. The van der Waals surface area contributed by atoms with Gasteiger partial charge in [0.25, 0.3) is 0 Å². The molecular formula is C13H18O3. The van der Waals surface area contributed by atoms with E-state index in [0.29, 0.717) is 5.75 Å². The molecule has 1 aromatic carbocycles. The zero-order valence-corrected chi connectivity index (χ0v) is 10.0. The van der Waals surface area contributed by atoms with Crippen LogP contribution >= 0.6 is 0 Å². The first-order valence-electron chi connectivity index (χ1n) is 5.56. The van der Waals surface area contributed by atoms with Gasteiger partial charge in [-0.25, -0.2) is 4.79 Å². The van der Waals surface area contributed by atoms with Crippen molar-refractivity contribution >= 4 is 6.16 Å². The lowest BCUT2D eigenvalue weighted by Crippen LogP contribution is -2.05. The van der Waals surface area contributed by atoms with Crippen molar-refractivity contribution in [2.45, 2.75) is 40.0 Å². The predicted molar refractivity (Wildman–Crippen MR) is 63.2 cm³/mol. The van der Waals surface area contributed by atoms with Gasteiger partial charge < -0.3 is 9.84 Å². The molecule has 88 valence electrons. The first-order valence-corrected chi connectivity index (χ1v) is 5.56. The van der Waals surface area contributed by atoms with E-state index in [1.165, 1.54) is 5.56 Å². The Labute approximate surface area is 96.1 Å². The van der Waals surface area contributed by atoms with Gasteiger partial charge in [-0.05, 0) is 49.4 Å². The molecule has 0 aliphatic rings. The fraction of sp³-hybridized carbons (Fsp3) is 0.462. The van der Waals surface area contributed by atoms with Gasteiger partial charge in [-0.2, -0.15) is 0 Å². The van der Waals surface area contributed by atoms with Crippen LogP contribution in [0.25, 0.3) is 0 Å². The third-order valence-corrected chi connectivity index (χ3v) is 2.85. The first kappa shape index (κ1) is 12.6. The van der Waals surface area contributed by atoms with Crippen LogP contribution in [-0.4, -0.2) is 11.3 Å². The number of ether oxygens (including phenoxy) is 1.